The van der Waals surface area contributed by atoms with Crippen LogP contribution >= 0.6 is 0 Å². The number of amides is 1. The van der Waals surface area contributed by atoms with E-state index < -0.39 is 0 Å². The number of ketones is 1. The van der Waals surface area contributed by atoms with E-state index in [-0.39, 0.29) is 17.7 Å². The Hall–Kier alpha value is -3.22. The first-order chi connectivity index (χ1) is 14.0. The van der Waals surface area contributed by atoms with Crippen molar-refractivity contribution in [1.82, 2.24) is 24.6 Å². The van der Waals surface area contributed by atoms with Gasteiger partial charge in [0.2, 0.25) is 0 Å². The molecule has 1 amide bonds. The molecular weight excluding hydrogens is 366 g/mol. The zero-order valence-electron chi connectivity index (χ0n) is 16.6. The Morgan fingerprint density at radius 1 is 1.17 bits per heavy atom. The molecule has 5 rings (SSSR count). The van der Waals surface area contributed by atoms with Crippen LogP contribution in [0.1, 0.15) is 63.7 Å². The number of aromatic nitrogens is 4. The predicted octanol–water partition coefficient (Wildman–Crippen LogP) is 3.32. The standard InChI is InChI=1S/C22H23N5O2/c1-13-18-16(9-6-10-17(18)28)23-19(13)22(29)26-11-12-27-21(14(26)2)24-20(25-27)15-7-4-3-5-8-15/h3-5,7-8,14,23H,6,9-12H2,1-2H3/t14-/m0/s1. The molecule has 7 nitrogen and oxygen atoms in total. The van der Waals surface area contributed by atoms with E-state index in [0.29, 0.717) is 31.0 Å². The lowest BCUT2D eigenvalue weighted by molar-refractivity contribution is 0.0624. The summed E-state index contributed by atoms with van der Waals surface area (Å²) in [5.41, 5.74) is 3.90. The molecule has 0 saturated heterocycles. The van der Waals surface area contributed by atoms with E-state index >= 15 is 0 Å². The zero-order valence-corrected chi connectivity index (χ0v) is 16.6. The van der Waals surface area contributed by atoms with Gasteiger partial charge in [0.25, 0.3) is 5.91 Å². The summed E-state index contributed by atoms with van der Waals surface area (Å²) in [7, 11) is 0. The van der Waals surface area contributed by atoms with Crippen LogP contribution in [0, 0.1) is 6.92 Å². The van der Waals surface area contributed by atoms with Gasteiger partial charge < -0.3 is 9.88 Å². The number of carbonyl (C=O) groups excluding carboxylic acids is 2. The molecule has 7 heteroatoms. The lowest BCUT2D eigenvalue weighted by atomic mass is 9.93. The molecule has 0 radical (unpaired) electrons. The maximum absolute atomic E-state index is 13.4. The molecule has 148 valence electrons. The lowest BCUT2D eigenvalue weighted by Crippen LogP contribution is -2.41. The molecular formula is C22H23N5O2. The number of nitrogens with zero attached hydrogens (tertiary/aromatic N) is 4. The second kappa shape index (κ2) is 6.69. The zero-order chi connectivity index (χ0) is 20.1. The summed E-state index contributed by atoms with van der Waals surface area (Å²) in [6.45, 7) is 5.01. The van der Waals surface area contributed by atoms with Gasteiger partial charge in [-0.1, -0.05) is 30.3 Å². The summed E-state index contributed by atoms with van der Waals surface area (Å²) >= 11 is 0. The number of rotatable bonds is 2. The number of aryl methyl sites for hydroxylation is 1. The minimum Gasteiger partial charge on any atom is -0.354 e. The maximum atomic E-state index is 13.4. The van der Waals surface area contributed by atoms with Crippen molar-refractivity contribution in [1.29, 1.82) is 0 Å². The number of Topliss-reactive ketones (excluding diaryl/α,β-unsaturated/α-hetero) is 1. The number of carbonyl (C=O) groups is 2. The monoisotopic (exact) mass is 389 g/mol. The van der Waals surface area contributed by atoms with Crippen molar-refractivity contribution in [3.63, 3.8) is 0 Å². The third-order valence-electron chi connectivity index (χ3n) is 6.04. The molecule has 1 aliphatic carbocycles. The van der Waals surface area contributed by atoms with Crippen molar-refractivity contribution >= 4 is 11.7 Å². The van der Waals surface area contributed by atoms with Crippen LogP contribution in [0.5, 0.6) is 0 Å². The Morgan fingerprint density at radius 2 is 1.97 bits per heavy atom. The van der Waals surface area contributed by atoms with E-state index in [1.54, 1.807) is 0 Å². The Labute approximate surface area is 168 Å². The van der Waals surface area contributed by atoms with E-state index in [1.807, 2.05) is 53.8 Å². The van der Waals surface area contributed by atoms with Crippen molar-refractivity contribution in [2.45, 2.75) is 45.7 Å². The van der Waals surface area contributed by atoms with Crippen LogP contribution in [-0.4, -0.2) is 42.9 Å². The van der Waals surface area contributed by atoms with E-state index in [0.717, 1.165) is 41.1 Å². The summed E-state index contributed by atoms with van der Waals surface area (Å²) in [6, 6.07) is 9.66. The Bertz CT molecular complexity index is 1110. The van der Waals surface area contributed by atoms with Crippen LogP contribution in [-0.2, 0) is 13.0 Å². The molecule has 0 unspecified atom stereocenters. The average Bonchev–Trinajstić information content (AvgIpc) is 3.31. The normalized spacial score (nSPS) is 18.5. The van der Waals surface area contributed by atoms with Crippen molar-refractivity contribution in [2.75, 3.05) is 6.54 Å². The van der Waals surface area contributed by atoms with Gasteiger partial charge in [0.1, 0.15) is 11.5 Å². The highest BCUT2D eigenvalue weighted by molar-refractivity contribution is 6.04. The topological polar surface area (TPSA) is 83.9 Å². The van der Waals surface area contributed by atoms with Crippen LogP contribution in [0.4, 0.5) is 0 Å². The van der Waals surface area contributed by atoms with Gasteiger partial charge in [-0.3, -0.25) is 9.59 Å². The van der Waals surface area contributed by atoms with Crippen LogP contribution in [0.15, 0.2) is 30.3 Å². The fraction of sp³-hybridized carbons (Fsp3) is 0.364. The Morgan fingerprint density at radius 3 is 2.72 bits per heavy atom. The van der Waals surface area contributed by atoms with E-state index in [2.05, 4.69) is 10.1 Å². The van der Waals surface area contributed by atoms with E-state index in [1.165, 1.54) is 0 Å². The highest BCUT2D eigenvalue weighted by Crippen LogP contribution is 2.31. The molecule has 2 aliphatic rings. The summed E-state index contributed by atoms with van der Waals surface area (Å²) in [5, 5.41) is 4.63. The van der Waals surface area contributed by atoms with E-state index in [9.17, 15) is 9.59 Å². The number of hydrogen-bond donors (Lipinski definition) is 1. The summed E-state index contributed by atoms with van der Waals surface area (Å²) < 4.78 is 1.90. The second-order valence-electron chi connectivity index (χ2n) is 7.81. The van der Waals surface area contributed by atoms with Gasteiger partial charge in [-0.25, -0.2) is 9.67 Å². The molecule has 1 N–H and O–H groups in total. The van der Waals surface area contributed by atoms with Crippen molar-refractivity contribution in [2.24, 2.45) is 0 Å². The Balaban J connectivity index is 1.46. The number of benzene rings is 1. The quantitative estimate of drug-likeness (QED) is 0.729. The molecule has 3 heterocycles. The van der Waals surface area contributed by atoms with Gasteiger partial charge in [-0.15, -0.1) is 0 Å². The minimum atomic E-state index is -0.198. The molecule has 1 atom stereocenters. The predicted molar refractivity (Wildman–Crippen MR) is 108 cm³/mol. The smallest absolute Gasteiger partial charge is 0.271 e. The summed E-state index contributed by atoms with van der Waals surface area (Å²) in [6.07, 6.45) is 2.22. The highest BCUT2D eigenvalue weighted by atomic mass is 16.2. The van der Waals surface area contributed by atoms with Crippen LogP contribution in [0.3, 0.4) is 0 Å². The van der Waals surface area contributed by atoms with Gasteiger partial charge in [-0.2, -0.15) is 5.10 Å². The fourth-order valence-electron chi connectivity index (χ4n) is 4.48. The number of H-pyrrole nitrogens is 1. The molecule has 29 heavy (non-hydrogen) atoms. The summed E-state index contributed by atoms with van der Waals surface area (Å²) in [5.74, 6) is 1.53. The number of aromatic amines is 1. The van der Waals surface area contributed by atoms with Gasteiger partial charge in [0, 0.05) is 29.8 Å². The van der Waals surface area contributed by atoms with Gasteiger partial charge >= 0.3 is 0 Å². The molecule has 0 spiro atoms. The largest absolute Gasteiger partial charge is 0.354 e. The maximum Gasteiger partial charge on any atom is 0.271 e. The van der Waals surface area contributed by atoms with Gasteiger partial charge in [0.15, 0.2) is 11.6 Å². The fourth-order valence-corrected chi connectivity index (χ4v) is 4.48. The first kappa shape index (κ1) is 17.8. The van der Waals surface area contributed by atoms with Crippen LogP contribution in [0.25, 0.3) is 11.4 Å². The minimum absolute atomic E-state index is 0.0762. The molecule has 1 aromatic carbocycles. The third kappa shape index (κ3) is 2.80. The van der Waals surface area contributed by atoms with Gasteiger partial charge in [-0.05, 0) is 32.3 Å². The number of nitrogens with one attached hydrogen (secondary N) is 1. The molecule has 0 fully saturated rings. The molecule has 0 saturated carbocycles. The third-order valence-corrected chi connectivity index (χ3v) is 6.04. The highest BCUT2D eigenvalue weighted by Gasteiger charge is 2.34. The molecule has 0 bridgehead atoms. The average molecular weight is 389 g/mol. The first-order valence-corrected chi connectivity index (χ1v) is 10.1. The SMILES string of the molecule is Cc1c(C(=O)N2CCn3nc(-c4ccccc4)nc3[C@@H]2C)[nH]c2c1C(=O)CCC2. The van der Waals surface area contributed by atoms with E-state index in [4.69, 9.17) is 4.98 Å². The second-order valence-corrected chi connectivity index (χ2v) is 7.81. The summed E-state index contributed by atoms with van der Waals surface area (Å²) in [4.78, 5) is 35.5. The van der Waals surface area contributed by atoms with Crippen molar-refractivity contribution in [3.8, 4) is 11.4 Å². The van der Waals surface area contributed by atoms with Crippen LogP contribution < -0.4 is 0 Å². The number of hydrogen-bond acceptors (Lipinski definition) is 4. The lowest BCUT2D eigenvalue weighted by Gasteiger charge is -2.32. The number of fused-ring (bicyclic) bond motifs is 2. The molecule has 1 aliphatic heterocycles. The van der Waals surface area contributed by atoms with Crippen molar-refractivity contribution in [3.05, 3.63) is 58.7 Å². The molecule has 3 aromatic rings. The first-order valence-electron chi connectivity index (χ1n) is 10.1. The molecule has 2 aromatic heterocycles. The van der Waals surface area contributed by atoms with Crippen LogP contribution in [0.2, 0.25) is 0 Å². The van der Waals surface area contributed by atoms with Crippen molar-refractivity contribution < 1.29 is 9.59 Å². The van der Waals surface area contributed by atoms with Gasteiger partial charge in [0.05, 0.1) is 12.6 Å². The Kier molecular flexibility index (Phi) is 4.12.